The van der Waals surface area contributed by atoms with Gasteiger partial charge in [-0.25, -0.2) is 15.0 Å². The SMILES string of the molecule is COc1ccc2ccccc2c1-c1nc(C(Cl)(Cl)Cl)nc(C(Cl)(Cl)Cl)n1. The molecule has 0 fully saturated rings. The van der Waals surface area contributed by atoms with Gasteiger partial charge in [-0.3, -0.25) is 0 Å². The molecule has 1 aromatic heterocycles. The molecule has 2 aromatic carbocycles. The Bertz CT molecular complexity index is 936. The second-order valence-corrected chi connectivity index (χ2v) is 9.73. The summed E-state index contributed by atoms with van der Waals surface area (Å²) in [6.07, 6.45) is 0. The second kappa shape index (κ2) is 7.34. The van der Waals surface area contributed by atoms with Crippen molar-refractivity contribution in [2.24, 2.45) is 0 Å². The van der Waals surface area contributed by atoms with Crippen molar-refractivity contribution >= 4 is 80.4 Å². The highest BCUT2D eigenvalue weighted by molar-refractivity contribution is 6.67. The Kier molecular flexibility index (Phi) is 5.65. The normalized spacial score (nSPS) is 12.4. The van der Waals surface area contributed by atoms with Crippen molar-refractivity contribution in [3.05, 3.63) is 48.0 Å². The summed E-state index contributed by atoms with van der Waals surface area (Å²) in [5.41, 5.74) is 0.569. The van der Waals surface area contributed by atoms with Crippen LogP contribution in [0, 0.1) is 0 Å². The molecule has 136 valence electrons. The minimum absolute atomic E-state index is 0.163. The van der Waals surface area contributed by atoms with E-state index in [1.54, 1.807) is 6.07 Å². The molecule has 0 amide bonds. The first kappa shape index (κ1) is 20.0. The fraction of sp³-hybridized carbons (Fsp3) is 0.188. The molecule has 0 bridgehead atoms. The predicted octanol–water partition coefficient (Wildman–Crippen LogP) is 6.35. The quantitative estimate of drug-likeness (QED) is 0.408. The lowest BCUT2D eigenvalue weighted by Crippen LogP contribution is -2.17. The highest BCUT2D eigenvalue weighted by Gasteiger charge is 2.34. The van der Waals surface area contributed by atoms with E-state index in [1.165, 1.54) is 7.11 Å². The Labute approximate surface area is 179 Å². The summed E-state index contributed by atoms with van der Waals surface area (Å²) in [5, 5.41) is 1.76. The van der Waals surface area contributed by atoms with E-state index in [1.807, 2.05) is 30.3 Å². The molecule has 0 spiro atoms. The van der Waals surface area contributed by atoms with Gasteiger partial charge < -0.3 is 4.74 Å². The summed E-state index contributed by atoms with van der Waals surface area (Å²) in [7, 11) is 1.53. The van der Waals surface area contributed by atoms with Gasteiger partial charge in [0.05, 0.1) is 12.7 Å². The van der Waals surface area contributed by atoms with E-state index >= 15 is 0 Å². The van der Waals surface area contributed by atoms with Crippen molar-refractivity contribution in [1.29, 1.82) is 0 Å². The third kappa shape index (κ3) is 4.06. The molecule has 0 aliphatic carbocycles. The Morgan fingerprint density at radius 1 is 0.769 bits per heavy atom. The van der Waals surface area contributed by atoms with Crippen LogP contribution in [0.5, 0.6) is 5.75 Å². The molecule has 4 nitrogen and oxygen atoms in total. The molecule has 0 N–H and O–H groups in total. The van der Waals surface area contributed by atoms with Crippen LogP contribution in [-0.2, 0) is 7.59 Å². The van der Waals surface area contributed by atoms with Gasteiger partial charge in [0.2, 0.25) is 7.59 Å². The van der Waals surface area contributed by atoms with Crippen LogP contribution in [0.15, 0.2) is 36.4 Å². The summed E-state index contributed by atoms with van der Waals surface area (Å²) in [6, 6.07) is 11.3. The van der Waals surface area contributed by atoms with Gasteiger partial charge in [-0.15, -0.1) is 0 Å². The number of methoxy groups -OCH3 is 1. The number of aromatic nitrogens is 3. The van der Waals surface area contributed by atoms with Crippen molar-refractivity contribution < 1.29 is 4.74 Å². The van der Waals surface area contributed by atoms with Gasteiger partial charge in [0.25, 0.3) is 0 Å². The van der Waals surface area contributed by atoms with Crippen molar-refractivity contribution in [2.75, 3.05) is 7.11 Å². The van der Waals surface area contributed by atoms with Crippen LogP contribution in [0.4, 0.5) is 0 Å². The molecular formula is C16H9Cl6N3O. The maximum Gasteiger partial charge on any atom is 0.250 e. The fourth-order valence-electron chi connectivity index (χ4n) is 2.39. The van der Waals surface area contributed by atoms with Crippen molar-refractivity contribution in [1.82, 2.24) is 15.0 Å². The number of halogens is 6. The fourth-order valence-corrected chi connectivity index (χ4v) is 2.90. The van der Waals surface area contributed by atoms with Gasteiger partial charge in [0.1, 0.15) is 5.75 Å². The average molecular weight is 472 g/mol. The first-order valence-corrected chi connectivity index (χ1v) is 9.34. The van der Waals surface area contributed by atoms with Crippen molar-refractivity contribution in [3.8, 4) is 17.1 Å². The molecule has 26 heavy (non-hydrogen) atoms. The van der Waals surface area contributed by atoms with E-state index in [4.69, 9.17) is 74.3 Å². The van der Waals surface area contributed by atoms with Crippen LogP contribution in [0.1, 0.15) is 11.6 Å². The largest absolute Gasteiger partial charge is 0.496 e. The summed E-state index contributed by atoms with van der Waals surface area (Å²) in [5.74, 6) is 0.351. The highest BCUT2D eigenvalue weighted by Crippen LogP contribution is 2.42. The molecule has 3 rings (SSSR count). The highest BCUT2D eigenvalue weighted by atomic mass is 35.6. The molecule has 0 saturated carbocycles. The third-order valence-corrected chi connectivity index (χ3v) is 4.49. The monoisotopic (exact) mass is 469 g/mol. The first-order valence-electron chi connectivity index (χ1n) is 7.08. The van der Waals surface area contributed by atoms with E-state index in [9.17, 15) is 0 Å². The average Bonchev–Trinajstić information content (AvgIpc) is 2.58. The molecule has 1 heterocycles. The van der Waals surface area contributed by atoms with Gasteiger partial charge in [0, 0.05) is 0 Å². The van der Waals surface area contributed by atoms with Gasteiger partial charge in [-0.1, -0.05) is 99.9 Å². The summed E-state index contributed by atoms with van der Waals surface area (Å²) < 4.78 is 1.60. The molecule has 3 aromatic rings. The topological polar surface area (TPSA) is 47.9 Å². The molecule has 0 aliphatic rings. The zero-order chi connectivity index (χ0) is 19.1. The lowest BCUT2D eigenvalue weighted by atomic mass is 10.0. The van der Waals surface area contributed by atoms with Gasteiger partial charge in [0.15, 0.2) is 17.5 Å². The number of hydrogen-bond donors (Lipinski definition) is 0. The van der Waals surface area contributed by atoms with E-state index in [0.717, 1.165) is 10.8 Å². The predicted molar refractivity (Wildman–Crippen MR) is 108 cm³/mol. The number of ether oxygens (including phenoxy) is 1. The van der Waals surface area contributed by atoms with Crippen molar-refractivity contribution in [2.45, 2.75) is 7.59 Å². The third-order valence-electron chi connectivity index (χ3n) is 3.48. The van der Waals surface area contributed by atoms with Crippen LogP contribution in [0.3, 0.4) is 0 Å². The van der Waals surface area contributed by atoms with E-state index in [2.05, 4.69) is 15.0 Å². The smallest absolute Gasteiger partial charge is 0.250 e. The van der Waals surface area contributed by atoms with E-state index in [0.29, 0.717) is 11.3 Å². The molecular weight excluding hydrogens is 463 g/mol. The van der Waals surface area contributed by atoms with Crippen LogP contribution >= 0.6 is 69.6 Å². The molecule has 0 saturated heterocycles. The molecule has 0 atom stereocenters. The number of fused-ring (bicyclic) bond motifs is 1. The maximum absolute atomic E-state index is 5.95. The zero-order valence-corrected chi connectivity index (χ0v) is 17.5. The Morgan fingerprint density at radius 3 is 1.88 bits per heavy atom. The van der Waals surface area contributed by atoms with Crippen LogP contribution in [-0.4, -0.2) is 22.1 Å². The standard InChI is InChI=1S/C16H9Cl6N3O/c1-26-10-7-6-8-4-2-3-5-9(8)11(10)12-23-13(15(17,18)19)25-14(24-12)16(20,21)22/h2-7H,1H3. The molecule has 0 radical (unpaired) electrons. The number of nitrogens with zero attached hydrogens (tertiary/aromatic N) is 3. The van der Waals surface area contributed by atoms with Gasteiger partial charge in [-0.2, -0.15) is 0 Å². The minimum Gasteiger partial charge on any atom is -0.496 e. The molecule has 0 aliphatic heterocycles. The lowest BCUT2D eigenvalue weighted by molar-refractivity contribution is 0.416. The molecule has 10 heteroatoms. The summed E-state index contributed by atoms with van der Waals surface area (Å²) in [4.78, 5) is 12.5. The number of hydrogen-bond acceptors (Lipinski definition) is 4. The minimum atomic E-state index is -1.93. The Hall–Kier alpha value is -0.750. The Morgan fingerprint density at radius 2 is 1.35 bits per heavy atom. The van der Waals surface area contributed by atoms with Gasteiger partial charge in [-0.05, 0) is 16.8 Å². The van der Waals surface area contributed by atoms with Gasteiger partial charge >= 0.3 is 0 Å². The maximum atomic E-state index is 5.95. The van der Waals surface area contributed by atoms with Crippen LogP contribution < -0.4 is 4.74 Å². The summed E-state index contributed by atoms with van der Waals surface area (Å²) >= 11 is 35.7. The van der Waals surface area contributed by atoms with Crippen LogP contribution in [0.25, 0.3) is 22.2 Å². The lowest BCUT2D eigenvalue weighted by Gasteiger charge is -2.17. The number of alkyl halides is 6. The number of rotatable bonds is 2. The second-order valence-electron chi connectivity index (χ2n) is 5.17. The van der Waals surface area contributed by atoms with E-state index in [-0.39, 0.29) is 17.5 Å². The summed E-state index contributed by atoms with van der Waals surface area (Å²) in [6.45, 7) is 0. The Balaban J connectivity index is 2.38. The van der Waals surface area contributed by atoms with E-state index < -0.39 is 7.59 Å². The zero-order valence-electron chi connectivity index (χ0n) is 13.0. The van der Waals surface area contributed by atoms with Crippen LogP contribution in [0.2, 0.25) is 0 Å². The first-order chi connectivity index (χ1) is 12.1. The molecule has 0 unspecified atom stereocenters. The van der Waals surface area contributed by atoms with Crippen molar-refractivity contribution in [3.63, 3.8) is 0 Å². The number of benzene rings is 2.